The predicted molar refractivity (Wildman–Crippen MR) is 79.9 cm³/mol. The van der Waals surface area contributed by atoms with Crippen LogP contribution in [0, 0.1) is 18.3 Å². The van der Waals surface area contributed by atoms with Gasteiger partial charge in [0.15, 0.2) is 0 Å². The van der Waals surface area contributed by atoms with Crippen molar-refractivity contribution in [1.82, 2.24) is 9.97 Å². The van der Waals surface area contributed by atoms with Crippen LogP contribution in [0.1, 0.15) is 46.1 Å². The van der Waals surface area contributed by atoms with Gasteiger partial charge in [-0.25, -0.2) is 9.97 Å². The monoisotopic (exact) mass is 284 g/mol. The van der Waals surface area contributed by atoms with Gasteiger partial charge in [0.2, 0.25) is 0 Å². The number of fused-ring (bicyclic) bond motifs is 1. The molecule has 0 amide bonds. The SMILES string of the molecule is Cc1cnc(C(C)Nc2nc3c(cc2C#N)CCC3)s1. The molecule has 0 spiro atoms. The van der Waals surface area contributed by atoms with Crippen LogP contribution < -0.4 is 5.32 Å². The molecule has 1 atom stereocenters. The first-order chi connectivity index (χ1) is 9.67. The molecule has 1 N–H and O–H groups in total. The number of aromatic nitrogens is 2. The highest BCUT2D eigenvalue weighted by Crippen LogP contribution is 2.28. The van der Waals surface area contributed by atoms with Gasteiger partial charge in [-0.1, -0.05) is 0 Å². The predicted octanol–water partition coefficient (Wildman–Crippen LogP) is 3.38. The zero-order chi connectivity index (χ0) is 14.1. The van der Waals surface area contributed by atoms with E-state index in [9.17, 15) is 5.26 Å². The van der Waals surface area contributed by atoms with Gasteiger partial charge in [0.05, 0.1) is 11.6 Å². The molecule has 0 fully saturated rings. The van der Waals surface area contributed by atoms with Gasteiger partial charge in [-0.05, 0) is 44.7 Å². The second kappa shape index (κ2) is 5.22. The van der Waals surface area contributed by atoms with Crippen molar-refractivity contribution in [2.45, 2.75) is 39.2 Å². The lowest BCUT2D eigenvalue weighted by atomic mass is 10.1. The lowest BCUT2D eigenvalue weighted by Crippen LogP contribution is -2.10. The third kappa shape index (κ3) is 2.39. The Morgan fingerprint density at radius 3 is 3.00 bits per heavy atom. The molecule has 1 unspecified atom stereocenters. The summed E-state index contributed by atoms with van der Waals surface area (Å²) in [6, 6.07) is 4.29. The van der Waals surface area contributed by atoms with E-state index < -0.39 is 0 Å². The third-order valence-electron chi connectivity index (χ3n) is 3.53. The van der Waals surface area contributed by atoms with E-state index >= 15 is 0 Å². The van der Waals surface area contributed by atoms with Crippen LogP contribution in [0.3, 0.4) is 0 Å². The molecule has 0 saturated heterocycles. The summed E-state index contributed by atoms with van der Waals surface area (Å²) in [5.74, 6) is 0.688. The van der Waals surface area contributed by atoms with E-state index in [1.807, 2.05) is 26.1 Å². The summed E-state index contributed by atoms with van der Waals surface area (Å²) in [7, 11) is 0. The van der Waals surface area contributed by atoms with Gasteiger partial charge in [-0.3, -0.25) is 0 Å². The minimum absolute atomic E-state index is 0.0627. The van der Waals surface area contributed by atoms with E-state index in [4.69, 9.17) is 0 Å². The number of hydrogen-bond acceptors (Lipinski definition) is 5. The lowest BCUT2D eigenvalue weighted by Gasteiger charge is -2.14. The Morgan fingerprint density at radius 1 is 1.45 bits per heavy atom. The molecule has 0 bridgehead atoms. The normalized spacial score (nSPS) is 14.7. The third-order valence-corrected chi connectivity index (χ3v) is 4.63. The van der Waals surface area contributed by atoms with Crippen LogP contribution >= 0.6 is 11.3 Å². The summed E-state index contributed by atoms with van der Waals surface area (Å²) >= 11 is 1.67. The number of hydrogen-bond donors (Lipinski definition) is 1. The van der Waals surface area contributed by atoms with Gasteiger partial charge >= 0.3 is 0 Å². The van der Waals surface area contributed by atoms with Crippen molar-refractivity contribution in [3.05, 3.63) is 39.0 Å². The highest BCUT2D eigenvalue weighted by molar-refractivity contribution is 7.11. The Kier molecular flexibility index (Phi) is 3.41. The maximum atomic E-state index is 9.29. The quantitative estimate of drug-likeness (QED) is 0.938. The molecular formula is C15H16N4S. The number of nitrogens with zero attached hydrogens (tertiary/aromatic N) is 3. The van der Waals surface area contributed by atoms with Gasteiger partial charge < -0.3 is 5.32 Å². The highest BCUT2D eigenvalue weighted by Gasteiger charge is 2.18. The zero-order valence-corrected chi connectivity index (χ0v) is 12.4. The smallest absolute Gasteiger partial charge is 0.144 e. The number of pyridine rings is 1. The number of anilines is 1. The molecule has 20 heavy (non-hydrogen) atoms. The second-order valence-electron chi connectivity index (χ2n) is 5.13. The largest absolute Gasteiger partial charge is 0.360 e. The summed E-state index contributed by atoms with van der Waals surface area (Å²) in [5.41, 5.74) is 2.99. The fraction of sp³-hybridized carbons (Fsp3) is 0.400. The number of aryl methyl sites for hydroxylation is 3. The molecule has 0 aromatic carbocycles. The first-order valence-corrected chi connectivity index (χ1v) is 7.61. The minimum Gasteiger partial charge on any atom is -0.360 e. The van der Waals surface area contributed by atoms with E-state index in [1.165, 1.54) is 10.4 Å². The van der Waals surface area contributed by atoms with Crippen molar-refractivity contribution < 1.29 is 0 Å². The van der Waals surface area contributed by atoms with Crippen LogP contribution in [-0.4, -0.2) is 9.97 Å². The van der Waals surface area contributed by atoms with Crippen LogP contribution in [0.15, 0.2) is 12.3 Å². The van der Waals surface area contributed by atoms with Crippen LogP contribution in [0.4, 0.5) is 5.82 Å². The van der Waals surface area contributed by atoms with Crippen LogP contribution in [-0.2, 0) is 12.8 Å². The van der Waals surface area contributed by atoms with Gasteiger partial charge in [-0.2, -0.15) is 5.26 Å². The van der Waals surface area contributed by atoms with Gasteiger partial charge in [-0.15, -0.1) is 11.3 Å². The Balaban J connectivity index is 1.89. The number of thiazole rings is 1. The van der Waals surface area contributed by atoms with Crippen molar-refractivity contribution >= 4 is 17.2 Å². The molecule has 2 aromatic heterocycles. The highest BCUT2D eigenvalue weighted by atomic mass is 32.1. The first-order valence-electron chi connectivity index (χ1n) is 6.79. The first kappa shape index (κ1) is 13.1. The molecule has 1 aliphatic rings. The average molecular weight is 284 g/mol. The molecular weight excluding hydrogens is 268 g/mol. The summed E-state index contributed by atoms with van der Waals surface area (Å²) < 4.78 is 0. The van der Waals surface area contributed by atoms with E-state index in [0.717, 1.165) is 30.0 Å². The maximum Gasteiger partial charge on any atom is 0.144 e. The molecule has 102 valence electrons. The number of rotatable bonds is 3. The Hall–Kier alpha value is -1.93. The summed E-state index contributed by atoms with van der Waals surface area (Å²) in [6.07, 6.45) is 5.07. The molecule has 2 aromatic rings. The van der Waals surface area contributed by atoms with Crippen LogP contribution in [0.25, 0.3) is 0 Å². The summed E-state index contributed by atoms with van der Waals surface area (Å²) in [4.78, 5) is 10.2. The van der Waals surface area contributed by atoms with Gasteiger partial charge in [0.1, 0.15) is 16.9 Å². The molecule has 4 nitrogen and oxygen atoms in total. The zero-order valence-electron chi connectivity index (χ0n) is 11.6. The molecule has 2 heterocycles. The summed E-state index contributed by atoms with van der Waals surface area (Å²) in [5, 5.41) is 13.7. The van der Waals surface area contributed by atoms with Crippen molar-refractivity contribution in [2.75, 3.05) is 5.32 Å². The van der Waals surface area contributed by atoms with E-state index in [1.54, 1.807) is 11.3 Å². The Labute approximate surface area is 122 Å². The molecule has 0 radical (unpaired) electrons. The maximum absolute atomic E-state index is 9.29. The van der Waals surface area contributed by atoms with Crippen molar-refractivity contribution in [3.63, 3.8) is 0 Å². The Morgan fingerprint density at radius 2 is 2.30 bits per heavy atom. The minimum atomic E-state index is 0.0627. The second-order valence-corrected chi connectivity index (χ2v) is 6.40. The Bertz CT molecular complexity index is 684. The molecule has 0 saturated carbocycles. The standard InChI is InChI=1S/C15H16N4S/c1-9-8-17-15(20-9)10(2)18-14-12(7-16)6-11-4-3-5-13(11)19-14/h6,8,10H,3-5H2,1-2H3,(H,18,19). The lowest BCUT2D eigenvalue weighted by molar-refractivity contribution is 0.853. The van der Waals surface area contributed by atoms with Crippen LogP contribution in [0.2, 0.25) is 0 Å². The average Bonchev–Trinajstić information content (AvgIpc) is 3.05. The van der Waals surface area contributed by atoms with E-state index in [2.05, 4.69) is 21.4 Å². The van der Waals surface area contributed by atoms with E-state index in [-0.39, 0.29) is 6.04 Å². The molecule has 3 rings (SSSR count). The van der Waals surface area contributed by atoms with Crippen molar-refractivity contribution in [1.29, 1.82) is 5.26 Å². The van der Waals surface area contributed by atoms with Gasteiger partial charge in [0.25, 0.3) is 0 Å². The topological polar surface area (TPSA) is 61.6 Å². The summed E-state index contributed by atoms with van der Waals surface area (Å²) in [6.45, 7) is 4.09. The molecule has 1 aliphatic carbocycles. The van der Waals surface area contributed by atoms with Crippen LogP contribution in [0.5, 0.6) is 0 Å². The van der Waals surface area contributed by atoms with Gasteiger partial charge in [0, 0.05) is 16.8 Å². The van der Waals surface area contributed by atoms with Crippen molar-refractivity contribution in [3.8, 4) is 6.07 Å². The molecule has 5 heteroatoms. The number of nitrogens with one attached hydrogen (secondary N) is 1. The fourth-order valence-corrected chi connectivity index (χ4v) is 3.28. The molecule has 0 aliphatic heterocycles. The van der Waals surface area contributed by atoms with E-state index in [0.29, 0.717) is 11.4 Å². The van der Waals surface area contributed by atoms with Crippen molar-refractivity contribution in [2.24, 2.45) is 0 Å². The fourth-order valence-electron chi connectivity index (χ4n) is 2.51. The number of nitriles is 1.